The van der Waals surface area contributed by atoms with Crippen LogP contribution in [0.3, 0.4) is 0 Å². The fourth-order valence-corrected chi connectivity index (χ4v) is 2.14. The van der Waals surface area contributed by atoms with E-state index in [2.05, 4.69) is 66.3 Å². The van der Waals surface area contributed by atoms with Gasteiger partial charge in [-0.25, -0.2) is 4.57 Å². The first-order valence-corrected chi connectivity index (χ1v) is 8.16. The number of hydrogen-bond acceptors (Lipinski definition) is 0. The zero-order chi connectivity index (χ0) is 16.7. The zero-order valence-corrected chi connectivity index (χ0v) is 12.3. The van der Waals surface area contributed by atoms with Gasteiger partial charge in [-0.05, 0) is 12.1 Å². The van der Waals surface area contributed by atoms with E-state index < -0.39 is 7.81 Å². The molecule has 1 nitrogen and oxygen atoms in total. The predicted molar refractivity (Wildman–Crippen MR) is 76.2 cm³/mol. The van der Waals surface area contributed by atoms with Gasteiger partial charge in [-0.1, -0.05) is 30.3 Å². The summed E-state index contributed by atoms with van der Waals surface area (Å²) in [6.07, 6.45) is 2.18. The molecule has 0 radical (unpaired) electrons. The van der Waals surface area contributed by atoms with E-state index in [1.165, 1.54) is 21.7 Å². The van der Waals surface area contributed by atoms with E-state index in [4.69, 9.17) is 0 Å². The maximum absolute atomic E-state index is 10.7. The number of halogens is 6. The summed E-state index contributed by atoms with van der Waals surface area (Å²) in [6, 6.07) is 17.0. The monoisotopic (exact) mass is 339 g/mol. The molecule has 0 aliphatic heterocycles. The fraction of sp³-hybridized carbons (Fsp3) is 0.0714. The van der Waals surface area contributed by atoms with Gasteiger partial charge >= 0.3 is 33.0 Å². The van der Waals surface area contributed by atoms with Crippen molar-refractivity contribution in [3.63, 3.8) is 0 Å². The van der Waals surface area contributed by atoms with Crippen LogP contribution in [0.2, 0.25) is 0 Å². The van der Waals surface area contributed by atoms with Crippen molar-refractivity contribution in [1.82, 2.24) is 0 Å². The third kappa shape index (κ3) is 5.15. The van der Waals surface area contributed by atoms with Crippen LogP contribution < -0.4 is 4.57 Å². The van der Waals surface area contributed by atoms with Gasteiger partial charge in [0.1, 0.15) is 7.05 Å². The van der Waals surface area contributed by atoms with Crippen LogP contribution in [0.5, 0.6) is 0 Å². The number of hydrogen-bond donors (Lipinski definition) is 0. The number of fused-ring (bicyclic) bond motifs is 3. The minimum atomic E-state index is -10.7. The first-order valence-electron chi connectivity index (χ1n) is 6.14. The van der Waals surface area contributed by atoms with Gasteiger partial charge in [0.2, 0.25) is 5.52 Å². The summed E-state index contributed by atoms with van der Waals surface area (Å²) in [4.78, 5) is 0. The summed E-state index contributed by atoms with van der Waals surface area (Å²) in [7, 11) is -8.57. The van der Waals surface area contributed by atoms with Gasteiger partial charge in [0, 0.05) is 16.8 Å². The Hall–Kier alpha value is -1.88. The van der Waals surface area contributed by atoms with E-state index in [1.54, 1.807) is 0 Å². The van der Waals surface area contributed by atoms with Crippen LogP contribution in [0, 0.1) is 0 Å². The molecule has 22 heavy (non-hydrogen) atoms. The van der Waals surface area contributed by atoms with Crippen LogP contribution in [-0.4, -0.2) is 0 Å². The van der Waals surface area contributed by atoms with Crippen molar-refractivity contribution in [2.75, 3.05) is 0 Å². The van der Waals surface area contributed by atoms with Crippen molar-refractivity contribution in [1.29, 1.82) is 0 Å². The standard InChI is InChI=1S/C14H12N.F6P/c1-15-10-11-6-2-3-7-12(11)13-8-4-5-9-14(13)15;1-7(2,3,4,5)6/h2-10H,1H3;/q+1;-1. The number of aryl methyl sites for hydroxylation is 1. The molecule has 0 bridgehead atoms. The molecule has 0 saturated carbocycles. The van der Waals surface area contributed by atoms with Crippen molar-refractivity contribution in [2.24, 2.45) is 7.05 Å². The van der Waals surface area contributed by atoms with E-state index >= 15 is 0 Å². The summed E-state index contributed by atoms with van der Waals surface area (Å²) in [5.41, 5.74) is 1.27. The summed E-state index contributed by atoms with van der Waals surface area (Å²) in [5.74, 6) is 0. The van der Waals surface area contributed by atoms with Gasteiger partial charge in [0.25, 0.3) is 0 Å². The molecule has 3 rings (SSSR count). The molecule has 1 aromatic heterocycles. The average molecular weight is 339 g/mol. The van der Waals surface area contributed by atoms with Crippen LogP contribution >= 0.6 is 7.81 Å². The van der Waals surface area contributed by atoms with E-state index in [9.17, 15) is 25.2 Å². The second-order valence-corrected chi connectivity index (χ2v) is 6.72. The number of para-hydroxylation sites is 1. The van der Waals surface area contributed by atoms with E-state index in [0.717, 1.165) is 0 Å². The molecule has 0 fully saturated rings. The van der Waals surface area contributed by atoms with Crippen molar-refractivity contribution >= 4 is 29.5 Å². The Balaban J connectivity index is 0.000000217. The zero-order valence-electron chi connectivity index (χ0n) is 11.4. The quantitative estimate of drug-likeness (QED) is 0.199. The maximum atomic E-state index is 9.87. The van der Waals surface area contributed by atoms with Gasteiger partial charge in [-0.15, -0.1) is 0 Å². The van der Waals surface area contributed by atoms with E-state index in [-0.39, 0.29) is 0 Å². The number of rotatable bonds is 0. The molecule has 8 heteroatoms. The van der Waals surface area contributed by atoms with E-state index in [1.807, 2.05) is 0 Å². The Morgan fingerprint density at radius 1 is 0.727 bits per heavy atom. The topological polar surface area (TPSA) is 3.88 Å². The first-order chi connectivity index (χ1) is 9.81. The van der Waals surface area contributed by atoms with Gasteiger partial charge in [-0.2, -0.15) is 0 Å². The molecule has 120 valence electrons. The minimum absolute atomic E-state index is 1.27. The molecule has 0 amide bonds. The SMILES string of the molecule is C[n+]1cc2ccccc2c2ccccc21.F[P-](F)(F)(F)(F)F. The van der Waals surface area contributed by atoms with Crippen LogP contribution in [0.4, 0.5) is 25.2 Å². The summed E-state index contributed by atoms with van der Waals surface area (Å²) in [5, 5.41) is 3.93. The second-order valence-electron chi connectivity index (χ2n) is 4.80. The van der Waals surface area contributed by atoms with Crippen molar-refractivity contribution in [2.45, 2.75) is 0 Å². The second kappa shape index (κ2) is 4.56. The molecular weight excluding hydrogens is 327 g/mol. The van der Waals surface area contributed by atoms with Gasteiger partial charge in [0.15, 0.2) is 6.20 Å². The molecule has 1 heterocycles. The number of aromatic nitrogens is 1. The Morgan fingerprint density at radius 2 is 1.18 bits per heavy atom. The Bertz CT molecular complexity index is 831. The molecule has 0 N–H and O–H groups in total. The molecule has 0 aliphatic rings. The van der Waals surface area contributed by atoms with Crippen LogP contribution in [-0.2, 0) is 7.05 Å². The van der Waals surface area contributed by atoms with Crippen LogP contribution in [0.15, 0.2) is 54.7 Å². The Labute approximate surface area is 122 Å². The Kier molecular flexibility index (Phi) is 3.41. The molecule has 0 aliphatic carbocycles. The number of nitrogens with zero attached hydrogens (tertiary/aromatic N) is 1. The van der Waals surface area contributed by atoms with E-state index in [0.29, 0.717) is 0 Å². The Morgan fingerprint density at radius 3 is 1.77 bits per heavy atom. The molecule has 3 aromatic rings. The normalized spacial score (nSPS) is 14.9. The van der Waals surface area contributed by atoms with Gasteiger partial charge in [-0.3, -0.25) is 0 Å². The van der Waals surface area contributed by atoms with Crippen molar-refractivity contribution in [3.8, 4) is 0 Å². The summed E-state index contributed by atoms with van der Waals surface area (Å²) < 4.78 is 61.4. The average Bonchev–Trinajstić information content (AvgIpc) is 2.35. The van der Waals surface area contributed by atoms with Gasteiger partial charge < -0.3 is 0 Å². The molecule has 2 aromatic carbocycles. The molecule has 0 atom stereocenters. The summed E-state index contributed by atoms with van der Waals surface area (Å²) >= 11 is 0. The van der Waals surface area contributed by atoms with Crippen LogP contribution in [0.25, 0.3) is 21.7 Å². The molecular formula is C14H12F6NP. The summed E-state index contributed by atoms with van der Waals surface area (Å²) in [6.45, 7) is 0. The van der Waals surface area contributed by atoms with Gasteiger partial charge in [0.05, 0.1) is 5.39 Å². The molecule has 0 saturated heterocycles. The fourth-order valence-electron chi connectivity index (χ4n) is 2.14. The van der Waals surface area contributed by atoms with Crippen molar-refractivity contribution in [3.05, 3.63) is 54.7 Å². The number of pyridine rings is 1. The van der Waals surface area contributed by atoms with Crippen LogP contribution in [0.1, 0.15) is 0 Å². The third-order valence-electron chi connectivity index (χ3n) is 2.87. The molecule has 0 spiro atoms. The third-order valence-corrected chi connectivity index (χ3v) is 2.87. The molecule has 0 unspecified atom stereocenters. The van der Waals surface area contributed by atoms with Crippen molar-refractivity contribution < 1.29 is 29.7 Å². The first kappa shape index (κ1) is 16.5. The number of benzene rings is 2. The predicted octanol–water partition coefficient (Wildman–Crippen LogP) is 6.20.